The van der Waals surface area contributed by atoms with E-state index in [1.165, 1.54) is 66.1 Å². The molecule has 0 unspecified atom stereocenters. The largest absolute Gasteiger partial charge is 0.484 e. The maximum absolute atomic E-state index is 13.1. The van der Waals surface area contributed by atoms with Gasteiger partial charge in [0.05, 0.1) is 46.5 Å². The van der Waals surface area contributed by atoms with Crippen LogP contribution in [-0.2, 0) is 30.4 Å². The molecule has 2 saturated heterocycles. The lowest BCUT2D eigenvalue weighted by Crippen LogP contribution is -2.50. The monoisotopic (exact) mass is 1260 g/mol. The van der Waals surface area contributed by atoms with Gasteiger partial charge in [0, 0.05) is 99.3 Å². The van der Waals surface area contributed by atoms with Crippen molar-refractivity contribution in [1.29, 1.82) is 0 Å². The second-order valence-corrected chi connectivity index (χ2v) is 25.2. The molecule has 20 heteroatoms. The van der Waals surface area contributed by atoms with Gasteiger partial charge in [-0.1, -0.05) is 119 Å². The fourth-order valence-electron chi connectivity index (χ4n) is 10.9. The van der Waals surface area contributed by atoms with Gasteiger partial charge in [-0.2, -0.15) is 0 Å². The van der Waals surface area contributed by atoms with Gasteiger partial charge in [-0.05, 0) is 119 Å². The Kier molecular flexibility index (Phi) is 19.1. The van der Waals surface area contributed by atoms with Gasteiger partial charge in [-0.25, -0.2) is 14.8 Å². The highest BCUT2D eigenvalue weighted by molar-refractivity contribution is 9.11. The summed E-state index contributed by atoms with van der Waals surface area (Å²) in [5.74, 6) is -0.453. The molecule has 6 heterocycles. The number of ether oxygens (including phenoxy) is 1. The van der Waals surface area contributed by atoms with Crippen molar-refractivity contribution in [3.63, 3.8) is 0 Å². The minimum atomic E-state index is -1.31. The first kappa shape index (κ1) is 60.3. The molecule has 16 nitrogen and oxygen atoms in total. The Morgan fingerprint density at radius 1 is 0.575 bits per heavy atom. The normalized spacial score (nSPS) is 15.2. The molecule has 0 atom stereocenters. The van der Waals surface area contributed by atoms with E-state index in [0.717, 1.165) is 90.6 Å². The number of hydrogen-bond donors (Lipinski definition) is 5. The van der Waals surface area contributed by atoms with Crippen LogP contribution in [0.4, 0.5) is 27.5 Å². The predicted molar refractivity (Wildman–Crippen MR) is 355 cm³/mol. The smallest absolute Gasteiger partial charge is 0.444 e. The highest BCUT2D eigenvalue weighted by atomic mass is 79.9. The summed E-state index contributed by atoms with van der Waals surface area (Å²) in [5, 5.41) is 31.9. The number of benzene rings is 4. The van der Waals surface area contributed by atoms with Crippen LogP contribution in [0.2, 0.25) is 0 Å². The molecule has 5 N–H and O–H groups in total. The lowest BCUT2D eigenvalue weighted by molar-refractivity contribution is 0.0240. The SMILES string of the molecule is BrC1=Cc2ccccc2C1.CC(C)(C)OC(=O)N1CCN(c2ccncc2NC(=O)c2nc(C3=Cc4ccccc4C3)cs2)CC1.O=C(Nc1cnccc1N1CCNCC1)c1nc(C2=Cc3ccccc3C2)cs1.OB(O)C1=Cc2ccccc2C1. The second-order valence-electron chi connectivity index (χ2n) is 22.5. The maximum Gasteiger partial charge on any atom is 0.484 e. The molecule has 0 spiro atoms. The minimum absolute atomic E-state index is 0.193. The number of carbonyl (C=O) groups excluding carboxylic acids is 3. The number of pyridine rings is 2. The molecule has 4 aromatic heterocycles. The number of carbonyl (C=O) groups is 3. The third-order valence-corrected chi connectivity index (χ3v) is 17.4. The molecular formula is C67H66BBrN10O6S2. The number of amides is 3. The molecule has 0 bridgehead atoms. The van der Waals surface area contributed by atoms with Crippen LogP contribution in [0, 0.1) is 0 Å². The Bertz CT molecular complexity index is 3950. The molecule has 3 amide bonds. The van der Waals surface area contributed by atoms with Gasteiger partial charge in [-0.3, -0.25) is 19.6 Å². The summed E-state index contributed by atoms with van der Waals surface area (Å²) in [7, 11) is -1.31. The van der Waals surface area contributed by atoms with Gasteiger partial charge < -0.3 is 45.4 Å². The molecule has 2 fully saturated rings. The van der Waals surface area contributed by atoms with E-state index in [2.05, 4.69) is 134 Å². The van der Waals surface area contributed by atoms with E-state index in [9.17, 15) is 14.4 Å². The number of allylic oxidation sites excluding steroid dienone is 4. The molecule has 4 aromatic carbocycles. The summed E-state index contributed by atoms with van der Waals surface area (Å²) in [6.45, 7) is 11.6. The zero-order valence-electron chi connectivity index (χ0n) is 48.6. The summed E-state index contributed by atoms with van der Waals surface area (Å²) >= 11 is 6.19. The number of halogens is 1. The van der Waals surface area contributed by atoms with Crippen molar-refractivity contribution in [3.8, 4) is 0 Å². The number of nitrogens with zero attached hydrogens (tertiary/aromatic N) is 7. The first-order valence-corrected chi connectivity index (χ1v) is 31.5. The average Bonchev–Trinajstić information content (AvgIpc) is 3.76. The van der Waals surface area contributed by atoms with Gasteiger partial charge in [0.25, 0.3) is 11.8 Å². The van der Waals surface area contributed by atoms with E-state index in [1.807, 2.05) is 92.2 Å². The quantitative estimate of drug-likeness (QED) is 0.0857. The Morgan fingerprint density at radius 2 is 1.01 bits per heavy atom. The summed E-state index contributed by atoms with van der Waals surface area (Å²) in [4.78, 5) is 62.1. The van der Waals surface area contributed by atoms with E-state index >= 15 is 0 Å². The Balaban J connectivity index is 0.000000135. The second kappa shape index (κ2) is 27.6. The van der Waals surface area contributed by atoms with Crippen molar-refractivity contribution < 1.29 is 29.2 Å². The minimum Gasteiger partial charge on any atom is -0.444 e. The van der Waals surface area contributed by atoms with Gasteiger partial charge >= 0.3 is 13.2 Å². The molecule has 4 aliphatic carbocycles. The molecule has 442 valence electrons. The van der Waals surface area contributed by atoms with Gasteiger partial charge in [0.2, 0.25) is 0 Å². The van der Waals surface area contributed by atoms with Crippen LogP contribution in [0.1, 0.15) is 96.3 Å². The molecular weight excluding hydrogens is 1200 g/mol. The van der Waals surface area contributed by atoms with Gasteiger partial charge in [0.1, 0.15) is 5.60 Å². The van der Waals surface area contributed by atoms with Crippen molar-refractivity contribution in [2.75, 3.05) is 72.8 Å². The van der Waals surface area contributed by atoms with Crippen LogP contribution in [0.3, 0.4) is 0 Å². The summed E-state index contributed by atoms with van der Waals surface area (Å²) in [6.07, 6.45) is 18.2. The fraction of sp³-hybridized carbons (Fsp3) is 0.239. The highest BCUT2D eigenvalue weighted by Crippen LogP contribution is 2.35. The summed E-state index contributed by atoms with van der Waals surface area (Å²) in [6, 6.07) is 36.8. The lowest BCUT2D eigenvalue weighted by atomic mass is 9.78. The number of aromatic nitrogens is 4. The molecule has 14 rings (SSSR count). The third kappa shape index (κ3) is 15.3. The number of fused-ring (bicyclic) bond motifs is 4. The van der Waals surface area contributed by atoms with E-state index < -0.39 is 12.7 Å². The predicted octanol–water partition coefficient (Wildman–Crippen LogP) is 11.9. The Morgan fingerprint density at radius 3 is 1.46 bits per heavy atom. The maximum atomic E-state index is 13.1. The zero-order chi connectivity index (χ0) is 60.4. The van der Waals surface area contributed by atoms with E-state index in [1.54, 1.807) is 29.7 Å². The van der Waals surface area contributed by atoms with Crippen LogP contribution in [-0.4, -0.2) is 118 Å². The molecule has 0 saturated carbocycles. The topological polar surface area (TPSA) is 198 Å². The summed E-state index contributed by atoms with van der Waals surface area (Å²) in [5.41, 5.74) is 17.4. The molecule has 2 aliphatic heterocycles. The van der Waals surface area contributed by atoms with Crippen molar-refractivity contribution in [2.24, 2.45) is 0 Å². The number of hydrogen-bond acceptors (Lipinski definition) is 15. The molecule has 0 radical (unpaired) electrons. The van der Waals surface area contributed by atoms with Crippen LogP contribution in [0.5, 0.6) is 0 Å². The average molecular weight is 1260 g/mol. The lowest BCUT2D eigenvalue weighted by Gasteiger charge is -2.37. The summed E-state index contributed by atoms with van der Waals surface area (Å²) < 4.78 is 6.78. The first-order valence-electron chi connectivity index (χ1n) is 28.9. The van der Waals surface area contributed by atoms with Gasteiger partial charge in [-0.15, -0.1) is 22.7 Å². The van der Waals surface area contributed by atoms with Crippen molar-refractivity contribution >= 4 is 122 Å². The standard InChI is InChI=1S/C27H29N5O3S.C22H21N5OS.C9H9BO2.C9H7Br/c1-27(2,3)35-26(34)32-12-10-31(11-13-32)23-8-9-28-16-21(23)29-24(33)25-30-22(17-36-25)20-14-18-6-4-5-7-19(18)15-20;28-21(25-18-13-24-6-5-20(18)27-9-7-23-8-10-27)22-26-19(14-29-22)17-11-15-3-1-2-4-16(15)12-17;11-10(12)9-5-7-3-1-2-4-8(7)6-9;10-9-5-7-3-1-2-4-8(7)6-9/h4-9,14,16-17H,10-13,15H2,1-3H3,(H,29,33);1-6,11,13-14,23H,7-10,12H2,(H,25,28);1-5,11-12H,6H2;1-5H,6H2. The third-order valence-electron chi connectivity index (χ3n) is 15.3. The van der Waals surface area contributed by atoms with Crippen molar-refractivity contribution in [3.05, 3.63) is 221 Å². The molecule has 8 aromatic rings. The van der Waals surface area contributed by atoms with Crippen LogP contribution in [0.25, 0.3) is 35.5 Å². The van der Waals surface area contributed by atoms with Crippen LogP contribution in [0.15, 0.2) is 155 Å². The number of piperazine rings is 2. The van der Waals surface area contributed by atoms with Crippen molar-refractivity contribution in [2.45, 2.75) is 52.1 Å². The molecule has 6 aliphatic rings. The van der Waals surface area contributed by atoms with Crippen LogP contribution >= 0.6 is 38.6 Å². The number of nitrogens with one attached hydrogen (secondary N) is 3. The van der Waals surface area contributed by atoms with E-state index in [-0.39, 0.29) is 17.9 Å². The Hall–Kier alpha value is -8.37. The van der Waals surface area contributed by atoms with Crippen LogP contribution < -0.4 is 25.8 Å². The zero-order valence-corrected chi connectivity index (χ0v) is 51.8. The van der Waals surface area contributed by atoms with E-state index in [4.69, 9.17) is 14.8 Å². The van der Waals surface area contributed by atoms with E-state index in [0.29, 0.717) is 53.8 Å². The number of anilines is 4. The van der Waals surface area contributed by atoms with Crippen molar-refractivity contribution in [1.82, 2.24) is 30.2 Å². The number of rotatable bonds is 9. The van der Waals surface area contributed by atoms with Gasteiger partial charge in [0.15, 0.2) is 10.0 Å². The first-order chi connectivity index (χ1) is 42.2. The molecule has 87 heavy (non-hydrogen) atoms. The fourth-order valence-corrected chi connectivity index (χ4v) is 12.9. The Labute approximate surface area is 523 Å². The number of thiazole rings is 2. The highest BCUT2D eigenvalue weighted by Gasteiger charge is 2.29.